The van der Waals surface area contributed by atoms with Crippen LogP contribution in [0.4, 0.5) is 0 Å². The van der Waals surface area contributed by atoms with Gasteiger partial charge in [0, 0.05) is 19.3 Å². The number of rotatable bonds is 1. The summed E-state index contributed by atoms with van der Waals surface area (Å²) < 4.78 is 23.5. The van der Waals surface area contributed by atoms with Crippen LogP contribution >= 0.6 is 0 Å². The van der Waals surface area contributed by atoms with Gasteiger partial charge in [-0.05, 0) is 25.7 Å². The van der Waals surface area contributed by atoms with Gasteiger partial charge in [-0.3, -0.25) is 0 Å². The molecule has 2 saturated heterocycles. The second kappa shape index (κ2) is 3.39. The van der Waals surface area contributed by atoms with Crippen LogP contribution in [-0.4, -0.2) is 37.3 Å². The van der Waals surface area contributed by atoms with Gasteiger partial charge in [0.2, 0.25) is 0 Å². The Morgan fingerprint density at radius 1 is 1.11 bits per heavy atom. The van der Waals surface area contributed by atoms with Crippen molar-refractivity contribution >= 4 is 7.12 Å². The lowest BCUT2D eigenvalue weighted by atomic mass is 9.71. The molecule has 4 aliphatic rings. The Bertz CT molecular complexity index is 401. The molecule has 0 aromatic rings. The number of allylic oxidation sites excluding steroid dienone is 1. The summed E-state index contributed by atoms with van der Waals surface area (Å²) in [6.45, 7) is 5.72. The molecular formula is C13H19BO4. The van der Waals surface area contributed by atoms with E-state index in [9.17, 15) is 0 Å². The minimum atomic E-state index is -0.348. The Morgan fingerprint density at radius 2 is 1.78 bits per heavy atom. The minimum absolute atomic E-state index is 0.0615. The Morgan fingerprint density at radius 3 is 2.33 bits per heavy atom. The molecule has 98 valence electrons. The number of hydrogen-bond acceptors (Lipinski definition) is 4. The van der Waals surface area contributed by atoms with Gasteiger partial charge in [-0.1, -0.05) is 6.08 Å². The van der Waals surface area contributed by atoms with E-state index in [1.54, 1.807) is 0 Å². The highest BCUT2D eigenvalue weighted by Gasteiger charge is 2.71. The Kier molecular flexibility index (Phi) is 2.16. The first-order valence-electron chi connectivity index (χ1n) is 6.87. The molecule has 0 bridgehead atoms. The summed E-state index contributed by atoms with van der Waals surface area (Å²) in [4.78, 5) is 0. The summed E-state index contributed by atoms with van der Waals surface area (Å²) in [6, 6.07) is 0. The first-order chi connectivity index (χ1) is 8.54. The van der Waals surface area contributed by atoms with E-state index in [1.807, 2.05) is 0 Å². The highest BCUT2D eigenvalue weighted by atomic mass is 16.7. The summed E-state index contributed by atoms with van der Waals surface area (Å²) in [5, 5.41) is 0. The van der Waals surface area contributed by atoms with E-state index in [2.05, 4.69) is 19.9 Å². The number of hydrogen-bond donors (Lipinski definition) is 0. The van der Waals surface area contributed by atoms with Crippen molar-refractivity contribution in [3.8, 4) is 0 Å². The Balaban J connectivity index is 1.47. The predicted molar refractivity (Wildman–Crippen MR) is 65.9 cm³/mol. The maximum absolute atomic E-state index is 6.04. The van der Waals surface area contributed by atoms with Crippen molar-refractivity contribution in [3.05, 3.63) is 11.5 Å². The molecule has 0 amide bonds. The monoisotopic (exact) mass is 250 g/mol. The van der Waals surface area contributed by atoms with Gasteiger partial charge in [0.05, 0.1) is 24.4 Å². The molecule has 1 spiro atoms. The average molecular weight is 250 g/mol. The SMILES string of the molecule is CC12CC1(C)OB(C1=CCC3(CC1)OCCO3)O2. The maximum Gasteiger partial charge on any atom is 0.490 e. The van der Waals surface area contributed by atoms with Gasteiger partial charge >= 0.3 is 7.12 Å². The molecule has 2 heterocycles. The Hall–Kier alpha value is -0.355. The van der Waals surface area contributed by atoms with Crippen LogP contribution in [0.1, 0.15) is 39.5 Å². The van der Waals surface area contributed by atoms with E-state index in [-0.39, 0.29) is 24.1 Å². The van der Waals surface area contributed by atoms with Crippen LogP contribution < -0.4 is 0 Å². The molecule has 0 aromatic carbocycles. The molecule has 0 N–H and O–H groups in total. The molecule has 2 aliphatic heterocycles. The van der Waals surface area contributed by atoms with Crippen LogP contribution in [0, 0.1) is 0 Å². The lowest BCUT2D eigenvalue weighted by Crippen LogP contribution is -2.35. The van der Waals surface area contributed by atoms with Crippen LogP contribution in [0.25, 0.3) is 0 Å². The van der Waals surface area contributed by atoms with Crippen LogP contribution in [0.3, 0.4) is 0 Å². The first kappa shape index (κ1) is 11.5. The molecule has 2 aliphatic carbocycles. The first-order valence-corrected chi connectivity index (χ1v) is 6.87. The molecule has 0 aromatic heterocycles. The van der Waals surface area contributed by atoms with Gasteiger partial charge in [-0.25, -0.2) is 0 Å². The van der Waals surface area contributed by atoms with Crippen molar-refractivity contribution < 1.29 is 18.8 Å². The summed E-state index contributed by atoms with van der Waals surface area (Å²) in [6.07, 6.45) is 5.88. The van der Waals surface area contributed by atoms with Crippen molar-refractivity contribution in [2.24, 2.45) is 0 Å². The average Bonchev–Trinajstić information content (AvgIpc) is 2.69. The molecule has 4 nitrogen and oxygen atoms in total. The van der Waals surface area contributed by atoms with Gasteiger partial charge in [0.1, 0.15) is 0 Å². The summed E-state index contributed by atoms with van der Waals surface area (Å²) in [7, 11) is -0.146. The topological polar surface area (TPSA) is 36.9 Å². The van der Waals surface area contributed by atoms with E-state index in [0.29, 0.717) is 0 Å². The lowest BCUT2D eigenvalue weighted by Gasteiger charge is -2.31. The lowest BCUT2D eigenvalue weighted by molar-refractivity contribution is -0.161. The van der Waals surface area contributed by atoms with Crippen molar-refractivity contribution in [2.45, 2.75) is 56.5 Å². The van der Waals surface area contributed by atoms with E-state index >= 15 is 0 Å². The predicted octanol–water partition coefficient (Wildman–Crippen LogP) is 1.84. The van der Waals surface area contributed by atoms with Gasteiger partial charge in [0.15, 0.2) is 5.79 Å². The van der Waals surface area contributed by atoms with Gasteiger partial charge < -0.3 is 18.8 Å². The standard InChI is InChI=1S/C13H19BO4/c1-11-9-12(11,2)18-14(17-11)10-3-5-13(6-4-10)15-7-8-16-13/h3H,4-9H2,1-2H3. The highest BCUT2D eigenvalue weighted by Crippen LogP contribution is 2.59. The van der Waals surface area contributed by atoms with Crippen LogP contribution in [-0.2, 0) is 18.8 Å². The van der Waals surface area contributed by atoms with Crippen molar-refractivity contribution in [2.75, 3.05) is 13.2 Å². The smallest absolute Gasteiger partial charge is 0.399 e. The molecule has 3 fully saturated rings. The van der Waals surface area contributed by atoms with E-state index in [0.717, 1.165) is 38.9 Å². The molecule has 18 heavy (non-hydrogen) atoms. The zero-order chi connectivity index (χ0) is 12.4. The fraction of sp³-hybridized carbons (Fsp3) is 0.846. The normalized spacial score (nSPS) is 45.2. The zero-order valence-corrected chi connectivity index (χ0v) is 11.0. The van der Waals surface area contributed by atoms with Gasteiger partial charge in [0.25, 0.3) is 0 Å². The second-order valence-corrected chi connectivity index (χ2v) is 6.30. The highest BCUT2D eigenvalue weighted by molar-refractivity contribution is 6.55. The van der Waals surface area contributed by atoms with Crippen molar-refractivity contribution in [3.63, 3.8) is 0 Å². The van der Waals surface area contributed by atoms with Gasteiger partial charge in [-0.2, -0.15) is 0 Å². The van der Waals surface area contributed by atoms with Crippen LogP contribution in [0.5, 0.6) is 0 Å². The minimum Gasteiger partial charge on any atom is -0.399 e. The summed E-state index contributed by atoms with van der Waals surface area (Å²) in [5.41, 5.74) is 1.14. The van der Waals surface area contributed by atoms with Crippen molar-refractivity contribution in [1.29, 1.82) is 0 Å². The quantitative estimate of drug-likeness (QED) is 0.665. The number of ether oxygens (including phenoxy) is 2. The molecule has 5 heteroatoms. The molecule has 4 rings (SSSR count). The number of fused-ring (bicyclic) bond motifs is 1. The van der Waals surface area contributed by atoms with E-state index < -0.39 is 0 Å². The van der Waals surface area contributed by atoms with Crippen LogP contribution in [0.15, 0.2) is 11.5 Å². The van der Waals surface area contributed by atoms with Crippen molar-refractivity contribution in [1.82, 2.24) is 0 Å². The maximum atomic E-state index is 6.04. The molecule has 2 unspecified atom stereocenters. The largest absolute Gasteiger partial charge is 0.490 e. The zero-order valence-electron chi connectivity index (χ0n) is 11.0. The summed E-state index contributed by atoms with van der Waals surface area (Å²) >= 11 is 0. The second-order valence-electron chi connectivity index (χ2n) is 6.30. The summed E-state index contributed by atoms with van der Waals surface area (Å²) in [5.74, 6) is -0.348. The Labute approximate surface area is 108 Å². The van der Waals surface area contributed by atoms with Crippen LogP contribution in [0.2, 0.25) is 0 Å². The van der Waals surface area contributed by atoms with E-state index in [4.69, 9.17) is 18.8 Å². The molecule has 0 radical (unpaired) electrons. The third kappa shape index (κ3) is 1.48. The molecule has 1 saturated carbocycles. The molecule has 2 atom stereocenters. The third-order valence-electron chi connectivity index (χ3n) is 4.99. The van der Waals surface area contributed by atoms with E-state index in [1.165, 1.54) is 5.47 Å². The van der Waals surface area contributed by atoms with Gasteiger partial charge in [-0.15, -0.1) is 0 Å². The third-order valence-corrected chi connectivity index (χ3v) is 4.99. The fourth-order valence-electron chi connectivity index (χ4n) is 3.38. The fourth-order valence-corrected chi connectivity index (χ4v) is 3.38. The molecular weight excluding hydrogens is 231 g/mol.